The van der Waals surface area contributed by atoms with Gasteiger partial charge < -0.3 is 20.3 Å². The average Bonchev–Trinajstić information content (AvgIpc) is 3.46. The molecule has 0 bridgehead atoms. The number of nitrogens with one attached hydrogen (secondary N) is 1. The number of rotatable bonds is 67. The zero-order valence-electron chi connectivity index (χ0n) is 53.8. The van der Waals surface area contributed by atoms with E-state index in [1.807, 2.05) is 0 Å². The number of carbonyl (C=O) groups excluding carboxylic acids is 2. The Kier molecular flexibility index (Phi) is 67.4. The molecule has 3 N–H and O–H groups in total. The third-order valence-electron chi connectivity index (χ3n) is 16.6. The zero-order valence-corrected chi connectivity index (χ0v) is 53.8. The summed E-state index contributed by atoms with van der Waals surface area (Å²) in [5.74, 6) is -0.0269. The minimum Gasteiger partial charge on any atom is -0.466 e. The van der Waals surface area contributed by atoms with Crippen LogP contribution in [0.2, 0.25) is 0 Å². The van der Waals surface area contributed by atoms with Gasteiger partial charge in [0, 0.05) is 12.8 Å². The first kappa shape index (κ1) is 77.8. The molecule has 2 atom stereocenters. The fourth-order valence-corrected chi connectivity index (χ4v) is 11.1. The molecule has 0 aromatic carbocycles. The number of allylic oxidation sites excluding steroid dienone is 8. The van der Waals surface area contributed by atoms with Crippen LogP contribution in [0.1, 0.15) is 386 Å². The normalized spacial score (nSPS) is 12.8. The Bertz CT molecular complexity index is 1340. The summed E-state index contributed by atoms with van der Waals surface area (Å²) in [5, 5.41) is 23.1. The predicted molar refractivity (Wildman–Crippen MR) is 352 cm³/mol. The van der Waals surface area contributed by atoms with Crippen molar-refractivity contribution in [3.05, 3.63) is 48.6 Å². The van der Waals surface area contributed by atoms with Crippen molar-refractivity contribution >= 4 is 11.9 Å². The van der Waals surface area contributed by atoms with Crippen LogP contribution in [0.3, 0.4) is 0 Å². The highest BCUT2D eigenvalue weighted by Crippen LogP contribution is 2.18. The van der Waals surface area contributed by atoms with E-state index >= 15 is 0 Å². The topological polar surface area (TPSA) is 95.9 Å². The van der Waals surface area contributed by atoms with Gasteiger partial charge in [0.15, 0.2) is 0 Å². The Morgan fingerprint density at radius 3 is 0.975 bits per heavy atom. The van der Waals surface area contributed by atoms with E-state index < -0.39 is 12.1 Å². The Balaban J connectivity index is 3.33. The molecule has 0 aromatic rings. The molecule has 6 nitrogen and oxygen atoms in total. The van der Waals surface area contributed by atoms with Crippen molar-refractivity contribution in [2.24, 2.45) is 0 Å². The molecule has 6 heteroatoms. The van der Waals surface area contributed by atoms with Crippen molar-refractivity contribution in [3.8, 4) is 0 Å². The smallest absolute Gasteiger partial charge is 0.305 e. The number of hydrogen-bond acceptors (Lipinski definition) is 5. The number of ether oxygens (including phenoxy) is 1. The monoisotopic (exact) mass is 1120 g/mol. The van der Waals surface area contributed by atoms with E-state index in [1.165, 1.54) is 295 Å². The van der Waals surface area contributed by atoms with Gasteiger partial charge in [-0.25, -0.2) is 0 Å². The SMILES string of the molecule is CCCCC/C=C\C/C=C\CCCCCCCC(=O)OCCCCCCCCCCCCCCCCC/C=C\C/C=C\CCCCCCCCCCCCCCCCCCCC(=O)NC(CO)C(O)CCCCCCCCCCC. The van der Waals surface area contributed by atoms with Gasteiger partial charge in [0.25, 0.3) is 0 Å². The molecule has 0 aromatic heterocycles. The van der Waals surface area contributed by atoms with E-state index in [9.17, 15) is 19.8 Å². The fourth-order valence-electron chi connectivity index (χ4n) is 11.1. The molecule has 2 unspecified atom stereocenters. The van der Waals surface area contributed by atoms with Gasteiger partial charge in [-0.2, -0.15) is 0 Å². The molecule has 0 spiro atoms. The van der Waals surface area contributed by atoms with Gasteiger partial charge in [-0.3, -0.25) is 9.59 Å². The van der Waals surface area contributed by atoms with Gasteiger partial charge in [-0.1, -0.05) is 332 Å². The molecule has 0 aliphatic heterocycles. The molecule has 0 fully saturated rings. The summed E-state index contributed by atoms with van der Waals surface area (Å²) in [6.07, 6.45) is 90.5. The highest BCUT2D eigenvalue weighted by molar-refractivity contribution is 5.76. The van der Waals surface area contributed by atoms with E-state index in [-0.39, 0.29) is 18.5 Å². The molecule has 0 rings (SSSR count). The molecular weight excluding hydrogens is 983 g/mol. The molecule has 0 radical (unpaired) electrons. The van der Waals surface area contributed by atoms with Crippen LogP contribution < -0.4 is 5.32 Å². The molecular formula is C74H139NO5. The van der Waals surface area contributed by atoms with Crippen LogP contribution in [0.15, 0.2) is 48.6 Å². The van der Waals surface area contributed by atoms with Gasteiger partial charge in [0.2, 0.25) is 5.91 Å². The highest BCUT2D eigenvalue weighted by atomic mass is 16.5. The van der Waals surface area contributed by atoms with Crippen LogP contribution in [0.5, 0.6) is 0 Å². The first-order chi connectivity index (χ1) is 39.5. The second kappa shape index (κ2) is 69.3. The van der Waals surface area contributed by atoms with E-state index in [0.717, 1.165) is 57.8 Å². The lowest BCUT2D eigenvalue weighted by molar-refractivity contribution is -0.143. The number of amides is 1. The van der Waals surface area contributed by atoms with Gasteiger partial charge in [-0.05, 0) is 89.9 Å². The number of aliphatic hydroxyl groups excluding tert-OH is 2. The summed E-state index contributed by atoms with van der Waals surface area (Å²) in [6, 6.07) is -0.537. The lowest BCUT2D eigenvalue weighted by Crippen LogP contribution is -2.45. The number of esters is 1. The first-order valence-electron chi connectivity index (χ1n) is 35.9. The molecule has 470 valence electrons. The zero-order chi connectivity index (χ0) is 57.8. The van der Waals surface area contributed by atoms with Gasteiger partial charge in [-0.15, -0.1) is 0 Å². The summed E-state index contributed by atoms with van der Waals surface area (Å²) in [4.78, 5) is 24.5. The second-order valence-corrected chi connectivity index (χ2v) is 24.6. The third kappa shape index (κ3) is 65.0. The highest BCUT2D eigenvalue weighted by Gasteiger charge is 2.20. The minimum atomic E-state index is -0.660. The quantitative estimate of drug-likeness (QED) is 0.0320. The summed E-state index contributed by atoms with van der Waals surface area (Å²) in [7, 11) is 0. The summed E-state index contributed by atoms with van der Waals surface area (Å²) in [5.41, 5.74) is 0. The van der Waals surface area contributed by atoms with Crippen LogP contribution >= 0.6 is 0 Å². The van der Waals surface area contributed by atoms with Gasteiger partial charge in [0.05, 0.1) is 25.4 Å². The van der Waals surface area contributed by atoms with Crippen molar-refractivity contribution in [1.29, 1.82) is 0 Å². The van der Waals surface area contributed by atoms with Crippen LogP contribution in [0, 0.1) is 0 Å². The fraction of sp³-hybridized carbons (Fsp3) is 0.865. The maximum Gasteiger partial charge on any atom is 0.305 e. The van der Waals surface area contributed by atoms with Crippen molar-refractivity contribution in [1.82, 2.24) is 5.32 Å². The Morgan fingerprint density at radius 2 is 0.625 bits per heavy atom. The average molecular weight is 1120 g/mol. The second-order valence-electron chi connectivity index (χ2n) is 24.6. The lowest BCUT2D eigenvalue weighted by atomic mass is 10.0. The molecule has 0 saturated heterocycles. The molecule has 1 amide bonds. The predicted octanol–water partition coefficient (Wildman–Crippen LogP) is 23.3. The van der Waals surface area contributed by atoms with Crippen LogP contribution in [0.25, 0.3) is 0 Å². The Labute approximate surface area is 499 Å². The Hall–Kier alpha value is -2.18. The number of hydrogen-bond donors (Lipinski definition) is 3. The van der Waals surface area contributed by atoms with E-state index in [1.54, 1.807) is 0 Å². The Morgan fingerprint density at radius 1 is 0.350 bits per heavy atom. The summed E-state index contributed by atoms with van der Waals surface area (Å²) < 4.78 is 5.49. The maximum atomic E-state index is 12.4. The number of carbonyl (C=O) groups is 2. The van der Waals surface area contributed by atoms with Gasteiger partial charge >= 0.3 is 5.97 Å². The molecule has 0 saturated carbocycles. The van der Waals surface area contributed by atoms with E-state index in [2.05, 4.69) is 67.8 Å². The largest absolute Gasteiger partial charge is 0.466 e. The van der Waals surface area contributed by atoms with Gasteiger partial charge in [0.1, 0.15) is 0 Å². The van der Waals surface area contributed by atoms with Crippen molar-refractivity contribution in [3.63, 3.8) is 0 Å². The molecule has 0 aliphatic carbocycles. The van der Waals surface area contributed by atoms with Crippen molar-refractivity contribution in [2.75, 3.05) is 13.2 Å². The number of aliphatic hydroxyl groups is 2. The van der Waals surface area contributed by atoms with Crippen LogP contribution in [0.4, 0.5) is 0 Å². The van der Waals surface area contributed by atoms with Crippen molar-refractivity contribution < 1.29 is 24.5 Å². The standard InChI is InChI=1S/C74H139NO5/c1-3-5-7-9-11-13-14-15-41-45-48-52-56-60-64-68-74(79)80-69-65-61-57-53-49-46-43-40-38-36-34-32-30-28-26-24-22-20-18-16-17-19-21-23-25-27-29-31-33-35-37-39-42-44-47-51-55-59-63-67-73(78)75-71(70-76)72(77)66-62-58-54-50-12-10-8-6-4-2/h11,13,15-17,20,22,41,71-72,76-77H,3-10,12,14,18-19,21,23-40,42-70H2,1-2H3,(H,75,78)/b13-11-,17-16-,22-20-,41-15-. The number of unbranched alkanes of at least 4 members (excludes halogenated alkanes) is 48. The lowest BCUT2D eigenvalue weighted by Gasteiger charge is -2.22. The molecule has 0 aliphatic rings. The molecule has 80 heavy (non-hydrogen) atoms. The van der Waals surface area contributed by atoms with Crippen LogP contribution in [-0.2, 0) is 14.3 Å². The van der Waals surface area contributed by atoms with Crippen molar-refractivity contribution in [2.45, 2.75) is 398 Å². The summed E-state index contributed by atoms with van der Waals surface area (Å²) >= 11 is 0. The van der Waals surface area contributed by atoms with E-state index in [0.29, 0.717) is 25.9 Å². The minimum absolute atomic E-state index is 0.00622. The third-order valence-corrected chi connectivity index (χ3v) is 16.6. The summed E-state index contributed by atoms with van der Waals surface area (Å²) in [6.45, 7) is 4.92. The molecule has 0 heterocycles. The maximum absolute atomic E-state index is 12.4. The van der Waals surface area contributed by atoms with E-state index in [4.69, 9.17) is 4.74 Å². The van der Waals surface area contributed by atoms with Crippen LogP contribution in [-0.4, -0.2) is 47.4 Å². The first-order valence-corrected chi connectivity index (χ1v) is 35.9.